The number of guanidine groups is 1. The highest BCUT2D eigenvalue weighted by molar-refractivity contribution is 14.0. The third kappa shape index (κ3) is 3.71. The summed E-state index contributed by atoms with van der Waals surface area (Å²) in [4.78, 5) is 9.09. The van der Waals surface area contributed by atoms with Crippen LogP contribution >= 0.6 is 24.0 Å². The van der Waals surface area contributed by atoms with Crippen LogP contribution in [0, 0.1) is 6.92 Å². The van der Waals surface area contributed by atoms with Gasteiger partial charge in [-0.2, -0.15) is 0 Å². The molecule has 3 rings (SSSR count). The number of fused-ring (bicyclic) bond motifs is 1. The SMILES string of the molecule is Cc1ccc2c(c1)nc(CN=C(N)NC1CCCC1)n2C.I. The largest absolute Gasteiger partial charge is 0.370 e. The van der Waals surface area contributed by atoms with Crippen LogP contribution < -0.4 is 11.1 Å². The van der Waals surface area contributed by atoms with Gasteiger partial charge in [0.15, 0.2) is 5.96 Å². The van der Waals surface area contributed by atoms with Gasteiger partial charge in [0.25, 0.3) is 0 Å². The Kier molecular flexibility index (Phi) is 5.66. The molecular weight excluding hydrogens is 389 g/mol. The summed E-state index contributed by atoms with van der Waals surface area (Å²) in [5.41, 5.74) is 9.34. The lowest BCUT2D eigenvalue weighted by atomic mass is 10.2. The molecule has 0 aliphatic heterocycles. The first-order valence-electron chi connectivity index (χ1n) is 7.62. The number of aryl methyl sites for hydroxylation is 2. The second-order valence-corrected chi connectivity index (χ2v) is 5.91. The summed E-state index contributed by atoms with van der Waals surface area (Å²) in [6.45, 7) is 2.59. The summed E-state index contributed by atoms with van der Waals surface area (Å²) in [6, 6.07) is 6.80. The molecule has 3 N–H and O–H groups in total. The van der Waals surface area contributed by atoms with Crippen molar-refractivity contribution in [3.8, 4) is 0 Å². The van der Waals surface area contributed by atoms with Crippen LogP contribution in [0.1, 0.15) is 37.1 Å². The highest BCUT2D eigenvalue weighted by atomic mass is 127. The van der Waals surface area contributed by atoms with Crippen LogP contribution in [0.3, 0.4) is 0 Å². The van der Waals surface area contributed by atoms with E-state index in [4.69, 9.17) is 5.73 Å². The van der Waals surface area contributed by atoms with Gasteiger partial charge in [-0.1, -0.05) is 18.9 Å². The number of hydrogen-bond acceptors (Lipinski definition) is 2. The van der Waals surface area contributed by atoms with Crippen molar-refractivity contribution in [1.82, 2.24) is 14.9 Å². The summed E-state index contributed by atoms with van der Waals surface area (Å²) >= 11 is 0. The van der Waals surface area contributed by atoms with Gasteiger partial charge in [-0.25, -0.2) is 9.98 Å². The lowest BCUT2D eigenvalue weighted by Crippen LogP contribution is -2.38. The highest BCUT2D eigenvalue weighted by Gasteiger charge is 2.15. The number of aliphatic imine (C=N–C) groups is 1. The second-order valence-electron chi connectivity index (χ2n) is 5.91. The fourth-order valence-electron chi connectivity index (χ4n) is 2.98. The smallest absolute Gasteiger partial charge is 0.189 e. The fourth-order valence-corrected chi connectivity index (χ4v) is 2.98. The van der Waals surface area contributed by atoms with E-state index in [0.717, 1.165) is 16.9 Å². The average molecular weight is 413 g/mol. The van der Waals surface area contributed by atoms with E-state index in [1.807, 2.05) is 7.05 Å². The maximum atomic E-state index is 5.97. The molecule has 0 amide bonds. The topological polar surface area (TPSA) is 68.2 Å². The number of imidazole rings is 1. The summed E-state index contributed by atoms with van der Waals surface area (Å²) in [6.07, 6.45) is 4.97. The van der Waals surface area contributed by atoms with Gasteiger partial charge in [0.2, 0.25) is 0 Å². The van der Waals surface area contributed by atoms with Gasteiger partial charge >= 0.3 is 0 Å². The molecule has 1 saturated carbocycles. The number of rotatable bonds is 3. The van der Waals surface area contributed by atoms with Crippen LogP contribution in [0.4, 0.5) is 0 Å². The molecule has 120 valence electrons. The molecule has 0 saturated heterocycles. The van der Waals surface area contributed by atoms with E-state index < -0.39 is 0 Å². The number of aromatic nitrogens is 2. The molecule has 1 heterocycles. The Bertz CT molecular complexity index is 670. The molecule has 1 aromatic heterocycles. The fraction of sp³-hybridized carbons (Fsp3) is 0.500. The molecule has 1 fully saturated rings. The van der Waals surface area contributed by atoms with Gasteiger partial charge < -0.3 is 15.6 Å². The van der Waals surface area contributed by atoms with E-state index in [1.54, 1.807) is 0 Å². The number of halogens is 1. The maximum absolute atomic E-state index is 5.97. The molecule has 6 heteroatoms. The minimum Gasteiger partial charge on any atom is -0.370 e. The lowest BCUT2D eigenvalue weighted by Gasteiger charge is -2.12. The van der Waals surface area contributed by atoms with Crippen molar-refractivity contribution in [2.24, 2.45) is 17.8 Å². The number of nitrogens with two attached hydrogens (primary N) is 1. The molecule has 1 aliphatic rings. The van der Waals surface area contributed by atoms with E-state index in [-0.39, 0.29) is 24.0 Å². The Morgan fingerprint density at radius 3 is 2.86 bits per heavy atom. The maximum Gasteiger partial charge on any atom is 0.189 e. The first-order chi connectivity index (χ1) is 10.1. The molecule has 5 nitrogen and oxygen atoms in total. The van der Waals surface area contributed by atoms with Crippen molar-refractivity contribution < 1.29 is 0 Å². The lowest BCUT2D eigenvalue weighted by molar-refractivity contribution is 0.624. The monoisotopic (exact) mass is 413 g/mol. The van der Waals surface area contributed by atoms with Gasteiger partial charge in [-0.05, 0) is 37.5 Å². The Labute approximate surface area is 148 Å². The quantitative estimate of drug-likeness (QED) is 0.462. The molecular formula is C16H24IN5. The van der Waals surface area contributed by atoms with Crippen LogP contribution in [0.25, 0.3) is 11.0 Å². The van der Waals surface area contributed by atoms with Crippen molar-refractivity contribution in [2.45, 2.75) is 45.2 Å². The number of benzene rings is 1. The van der Waals surface area contributed by atoms with Crippen LogP contribution in [0.2, 0.25) is 0 Å². The molecule has 1 aliphatic carbocycles. The van der Waals surface area contributed by atoms with Crippen LogP contribution in [0.5, 0.6) is 0 Å². The van der Waals surface area contributed by atoms with Crippen molar-refractivity contribution in [2.75, 3.05) is 0 Å². The third-order valence-corrected chi connectivity index (χ3v) is 4.23. The predicted molar refractivity (Wildman–Crippen MR) is 102 cm³/mol. The van der Waals surface area contributed by atoms with Crippen molar-refractivity contribution in [3.05, 3.63) is 29.6 Å². The van der Waals surface area contributed by atoms with Gasteiger partial charge in [0.05, 0.1) is 11.0 Å². The number of hydrogen-bond donors (Lipinski definition) is 2. The van der Waals surface area contributed by atoms with Gasteiger partial charge in [0.1, 0.15) is 12.4 Å². The van der Waals surface area contributed by atoms with Crippen molar-refractivity contribution in [3.63, 3.8) is 0 Å². The molecule has 0 bridgehead atoms. The van der Waals surface area contributed by atoms with Gasteiger partial charge in [-0.15, -0.1) is 24.0 Å². The minimum absolute atomic E-state index is 0. The normalized spacial score (nSPS) is 16.0. The third-order valence-electron chi connectivity index (χ3n) is 4.23. The van der Waals surface area contributed by atoms with E-state index in [2.05, 4.69) is 45.0 Å². The Hall–Kier alpha value is -1.31. The van der Waals surface area contributed by atoms with E-state index in [9.17, 15) is 0 Å². The summed E-state index contributed by atoms with van der Waals surface area (Å²) in [7, 11) is 2.02. The second kappa shape index (κ2) is 7.30. The van der Waals surface area contributed by atoms with Crippen molar-refractivity contribution in [1.29, 1.82) is 0 Å². The molecule has 2 aromatic rings. The Balaban J connectivity index is 0.00000176. The molecule has 0 radical (unpaired) electrons. The summed E-state index contributed by atoms with van der Waals surface area (Å²) in [5.74, 6) is 1.47. The summed E-state index contributed by atoms with van der Waals surface area (Å²) < 4.78 is 2.08. The van der Waals surface area contributed by atoms with E-state index in [0.29, 0.717) is 18.5 Å². The standard InChI is InChI=1S/C16H23N5.HI/c1-11-7-8-14-13(9-11)20-15(21(14)2)10-18-16(17)19-12-5-3-4-6-12;/h7-9,12H,3-6,10H2,1-2H3,(H3,17,18,19);1H. The molecule has 1 aromatic carbocycles. The average Bonchev–Trinajstić information content (AvgIpc) is 3.05. The van der Waals surface area contributed by atoms with Crippen LogP contribution in [-0.2, 0) is 13.6 Å². The Morgan fingerprint density at radius 1 is 1.41 bits per heavy atom. The zero-order valence-corrected chi connectivity index (χ0v) is 15.5. The predicted octanol–water partition coefficient (Wildman–Crippen LogP) is 2.85. The van der Waals surface area contributed by atoms with E-state index in [1.165, 1.54) is 31.2 Å². The minimum atomic E-state index is 0. The van der Waals surface area contributed by atoms with Gasteiger partial charge in [-0.3, -0.25) is 0 Å². The first-order valence-corrected chi connectivity index (χ1v) is 7.62. The number of nitrogens with one attached hydrogen (secondary N) is 1. The van der Waals surface area contributed by atoms with Crippen molar-refractivity contribution >= 4 is 41.0 Å². The zero-order chi connectivity index (χ0) is 14.8. The van der Waals surface area contributed by atoms with Crippen LogP contribution in [-0.4, -0.2) is 21.6 Å². The first kappa shape index (κ1) is 17.1. The molecule has 0 atom stereocenters. The van der Waals surface area contributed by atoms with Gasteiger partial charge in [0, 0.05) is 13.1 Å². The molecule has 0 spiro atoms. The number of nitrogens with zero attached hydrogens (tertiary/aromatic N) is 3. The highest BCUT2D eigenvalue weighted by Crippen LogP contribution is 2.18. The van der Waals surface area contributed by atoms with Crippen LogP contribution in [0.15, 0.2) is 23.2 Å². The molecule has 0 unspecified atom stereocenters. The Morgan fingerprint density at radius 2 is 2.14 bits per heavy atom. The summed E-state index contributed by atoms with van der Waals surface area (Å²) in [5, 5.41) is 3.30. The van der Waals surface area contributed by atoms with E-state index >= 15 is 0 Å². The zero-order valence-electron chi connectivity index (χ0n) is 13.2. The molecule has 22 heavy (non-hydrogen) atoms.